The van der Waals surface area contributed by atoms with E-state index in [1.165, 1.54) is 18.2 Å². The summed E-state index contributed by atoms with van der Waals surface area (Å²) in [4.78, 5) is 0.151. The van der Waals surface area contributed by atoms with Gasteiger partial charge in [-0.05, 0) is 62.5 Å². The van der Waals surface area contributed by atoms with Crippen LogP contribution in [0.4, 0.5) is 4.39 Å². The first-order valence-corrected chi connectivity index (χ1v) is 7.94. The molecule has 2 rings (SSSR count). The maximum Gasteiger partial charge on any atom is 0.240 e. The molecular weight excluding hydrogens is 267 g/mol. The molecule has 4 nitrogen and oxygen atoms in total. The van der Waals surface area contributed by atoms with Crippen molar-refractivity contribution in [1.29, 1.82) is 0 Å². The molecule has 0 radical (unpaired) electrons. The predicted octanol–water partition coefficient (Wildman–Crippen LogP) is 1.41. The Kier molecular flexibility index (Phi) is 4.54. The van der Waals surface area contributed by atoms with Gasteiger partial charge in [-0.3, -0.25) is 0 Å². The number of halogens is 1. The molecule has 0 bridgehead atoms. The highest BCUT2D eigenvalue weighted by Crippen LogP contribution is 2.17. The molecule has 1 fully saturated rings. The molecule has 1 atom stereocenters. The van der Waals surface area contributed by atoms with Gasteiger partial charge in [0.25, 0.3) is 0 Å². The molecule has 1 unspecified atom stereocenters. The normalized spacial score (nSPS) is 20.4. The van der Waals surface area contributed by atoms with Crippen LogP contribution in [0.25, 0.3) is 0 Å². The van der Waals surface area contributed by atoms with Gasteiger partial charge in [-0.15, -0.1) is 0 Å². The highest BCUT2D eigenvalue weighted by molar-refractivity contribution is 7.89. The Morgan fingerprint density at radius 2 is 2.26 bits per heavy atom. The van der Waals surface area contributed by atoms with E-state index < -0.39 is 15.8 Å². The Morgan fingerprint density at radius 1 is 1.47 bits per heavy atom. The van der Waals surface area contributed by atoms with Crippen molar-refractivity contribution in [3.05, 3.63) is 29.6 Å². The minimum absolute atomic E-state index is 0.151. The average molecular weight is 286 g/mol. The number of nitrogens with one attached hydrogen (secondary N) is 2. The molecule has 19 heavy (non-hydrogen) atoms. The van der Waals surface area contributed by atoms with E-state index in [4.69, 9.17) is 0 Å². The van der Waals surface area contributed by atoms with E-state index in [0.717, 1.165) is 25.9 Å². The number of piperidine rings is 1. The number of hydrogen-bond donors (Lipinski definition) is 2. The number of aryl methyl sites for hydroxylation is 1. The fourth-order valence-electron chi connectivity index (χ4n) is 2.32. The topological polar surface area (TPSA) is 58.2 Å². The maximum atomic E-state index is 13.0. The lowest BCUT2D eigenvalue weighted by atomic mass is 10.0. The van der Waals surface area contributed by atoms with Gasteiger partial charge in [-0.25, -0.2) is 17.5 Å². The second-order valence-electron chi connectivity index (χ2n) is 4.97. The van der Waals surface area contributed by atoms with E-state index >= 15 is 0 Å². The van der Waals surface area contributed by atoms with Crippen molar-refractivity contribution in [2.24, 2.45) is 5.92 Å². The molecule has 0 aliphatic carbocycles. The first kappa shape index (κ1) is 14.4. The molecule has 1 aromatic rings. The van der Waals surface area contributed by atoms with Crippen molar-refractivity contribution in [3.63, 3.8) is 0 Å². The molecule has 0 amide bonds. The van der Waals surface area contributed by atoms with E-state index in [0.29, 0.717) is 18.0 Å². The van der Waals surface area contributed by atoms with Crippen LogP contribution < -0.4 is 10.0 Å². The number of benzene rings is 1. The third-order valence-electron chi connectivity index (χ3n) is 3.39. The van der Waals surface area contributed by atoms with Gasteiger partial charge < -0.3 is 5.32 Å². The Labute approximate surface area is 113 Å². The van der Waals surface area contributed by atoms with Gasteiger partial charge in [0.1, 0.15) is 5.82 Å². The second kappa shape index (κ2) is 5.98. The molecule has 1 aliphatic rings. The number of rotatable bonds is 4. The summed E-state index contributed by atoms with van der Waals surface area (Å²) in [5.74, 6) is -0.0998. The van der Waals surface area contributed by atoms with Gasteiger partial charge in [-0.1, -0.05) is 0 Å². The van der Waals surface area contributed by atoms with Gasteiger partial charge in [0, 0.05) is 6.54 Å². The van der Waals surface area contributed by atoms with E-state index in [1.54, 1.807) is 6.92 Å². The SMILES string of the molecule is Cc1cc(F)ccc1S(=O)(=O)NCC1CCCNC1. The summed E-state index contributed by atoms with van der Waals surface area (Å²) in [6, 6.07) is 3.71. The zero-order valence-electron chi connectivity index (χ0n) is 10.9. The highest BCUT2D eigenvalue weighted by Gasteiger charge is 2.20. The fraction of sp³-hybridized carbons (Fsp3) is 0.538. The summed E-state index contributed by atoms with van der Waals surface area (Å²) in [6.45, 7) is 3.86. The van der Waals surface area contributed by atoms with Crippen molar-refractivity contribution in [3.8, 4) is 0 Å². The van der Waals surface area contributed by atoms with Crippen molar-refractivity contribution in [2.75, 3.05) is 19.6 Å². The Hall–Kier alpha value is -0.980. The number of hydrogen-bond acceptors (Lipinski definition) is 3. The molecule has 6 heteroatoms. The Bertz CT molecular complexity index is 540. The Balaban J connectivity index is 2.05. The third-order valence-corrected chi connectivity index (χ3v) is 4.97. The smallest absolute Gasteiger partial charge is 0.240 e. The minimum atomic E-state index is -3.55. The van der Waals surface area contributed by atoms with Gasteiger partial charge in [0.05, 0.1) is 4.90 Å². The monoisotopic (exact) mass is 286 g/mol. The standard InChI is InChI=1S/C13H19FN2O2S/c1-10-7-12(14)4-5-13(10)19(17,18)16-9-11-3-2-6-15-8-11/h4-5,7,11,15-16H,2-3,6,8-9H2,1H3. The van der Waals surface area contributed by atoms with Crippen molar-refractivity contribution in [2.45, 2.75) is 24.7 Å². The first-order valence-electron chi connectivity index (χ1n) is 6.45. The van der Waals surface area contributed by atoms with Gasteiger partial charge in [0.2, 0.25) is 10.0 Å². The van der Waals surface area contributed by atoms with Crippen molar-refractivity contribution in [1.82, 2.24) is 10.0 Å². The van der Waals surface area contributed by atoms with Crippen LogP contribution in [-0.2, 0) is 10.0 Å². The van der Waals surface area contributed by atoms with Gasteiger partial charge in [-0.2, -0.15) is 0 Å². The Morgan fingerprint density at radius 3 is 2.89 bits per heavy atom. The predicted molar refractivity (Wildman–Crippen MR) is 71.9 cm³/mol. The summed E-state index contributed by atoms with van der Waals surface area (Å²) >= 11 is 0. The summed E-state index contributed by atoms with van der Waals surface area (Å²) in [7, 11) is -3.55. The minimum Gasteiger partial charge on any atom is -0.316 e. The van der Waals surface area contributed by atoms with Crippen LogP contribution in [0.5, 0.6) is 0 Å². The van der Waals surface area contributed by atoms with Crippen molar-refractivity contribution >= 4 is 10.0 Å². The highest BCUT2D eigenvalue weighted by atomic mass is 32.2. The molecule has 0 saturated carbocycles. The summed E-state index contributed by atoms with van der Waals surface area (Å²) in [5.41, 5.74) is 0.425. The molecule has 1 aliphatic heterocycles. The fourth-order valence-corrected chi connectivity index (χ4v) is 3.66. The molecule has 0 spiro atoms. The molecule has 106 valence electrons. The van der Waals surface area contributed by atoms with E-state index in [2.05, 4.69) is 10.0 Å². The molecular formula is C13H19FN2O2S. The largest absolute Gasteiger partial charge is 0.316 e. The lowest BCUT2D eigenvalue weighted by Gasteiger charge is -2.23. The van der Waals surface area contributed by atoms with Crippen LogP contribution in [0.15, 0.2) is 23.1 Å². The molecule has 2 N–H and O–H groups in total. The maximum absolute atomic E-state index is 13.0. The molecule has 1 aromatic carbocycles. The molecule has 1 saturated heterocycles. The second-order valence-corrected chi connectivity index (χ2v) is 6.71. The summed E-state index contributed by atoms with van der Waals surface area (Å²) in [6.07, 6.45) is 2.10. The summed E-state index contributed by atoms with van der Waals surface area (Å²) < 4.78 is 39.9. The van der Waals surface area contributed by atoms with Crippen LogP contribution in [0.3, 0.4) is 0 Å². The van der Waals surface area contributed by atoms with Crippen LogP contribution in [-0.4, -0.2) is 28.1 Å². The van der Waals surface area contributed by atoms with Crippen LogP contribution in [0, 0.1) is 18.7 Å². The zero-order valence-corrected chi connectivity index (χ0v) is 11.8. The van der Waals surface area contributed by atoms with Crippen molar-refractivity contribution < 1.29 is 12.8 Å². The number of sulfonamides is 1. The van der Waals surface area contributed by atoms with Crippen LogP contribution in [0.1, 0.15) is 18.4 Å². The zero-order chi connectivity index (χ0) is 13.9. The van der Waals surface area contributed by atoms with Gasteiger partial charge in [0.15, 0.2) is 0 Å². The lowest BCUT2D eigenvalue weighted by molar-refractivity contribution is 0.376. The first-order chi connectivity index (χ1) is 8.99. The van der Waals surface area contributed by atoms with E-state index in [9.17, 15) is 12.8 Å². The average Bonchev–Trinajstić information content (AvgIpc) is 2.37. The third kappa shape index (κ3) is 3.75. The quantitative estimate of drug-likeness (QED) is 0.880. The van der Waals surface area contributed by atoms with E-state index in [-0.39, 0.29) is 4.90 Å². The molecule has 1 heterocycles. The molecule has 0 aromatic heterocycles. The van der Waals surface area contributed by atoms with Gasteiger partial charge >= 0.3 is 0 Å². The summed E-state index contributed by atoms with van der Waals surface area (Å²) in [5, 5.41) is 3.25. The van der Waals surface area contributed by atoms with E-state index in [1.807, 2.05) is 0 Å². The van der Waals surface area contributed by atoms with Crippen LogP contribution >= 0.6 is 0 Å². The van der Waals surface area contributed by atoms with Crippen LogP contribution in [0.2, 0.25) is 0 Å². The lowest BCUT2D eigenvalue weighted by Crippen LogP contribution is -2.38.